The normalized spacial score (nSPS) is 19.9. The average molecular weight is 251 g/mol. The first-order valence-corrected chi connectivity index (χ1v) is 6.03. The third-order valence-corrected chi connectivity index (χ3v) is 3.15. The van der Waals surface area contributed by atoms with Crippen molar-refractivity contribution in [2.24, 2.45) is 0 Å². The lowest BCUT2D eigenvalue weighted by Crippen LogP contribution is -2.43. The third-order valence-electron chi connectivity index (χ3n) is 3.15. The molecule has 98 valence electrons. The summed E-state index contributed by atoms with van der Waals surface area (Å²) in [5.74, 6) is -0.764. The molecule has 1 saturated heterocycles. The summed E-state index contributed by atoms with van der Waals surface area (Å²) in [5.41, 5.74) is 0.364. The molecule has 1 unspecified atom stereocenters. The number of aliphatic hydroxyl groups is 1. The average Bonchev–Trinajstić information content (AvgIpc) is 2.98. The number of aromatic nitrogens is 1. The summed E-state index contributed by atoms with van der Waals surface area (Å²) in [4.78, 5) is 27.9. The van der Waals surface area contributed by atoms with Crippen molar-refractivity contribution in [3.05, 3.63) is 24.0 Å². The minimum absolute atomic E-state index is 0.0383. The summed E-state index contributed by atoms with van der Waals surface area (Å²) in [6, 6.07) is 3.34. The number of amides is 2. The van der Waals surface area contributed by atoms with Crippen LogP contribution in [-0.2, 0) is 4.79 Å². The maximum atomic E-state index is 11.7. The second-order valence-electron chi connectivity index (χ2n) is 4.41. The molecule has 0 spiro atoms. The Kier molecular flexibility index (Phi) is 4.11. The number of H-pyrrole nitrogens is 1. The van der Waals surface area contributed by atoms with Crippen molar-refractivity contribution in [3.8, 4) is 0 Å². The van der Waals surface area contributed by atoms with Crippen LogP contribution in [0.15, 0.2) is 18.3 Å². The van der Waals surface area contributed by atoms with E-state index < -0.39 is 5.91 Å². The zero-order chi connectivity index (χ0) is 13.0. The molecule has 1 aromatic heterocycles. The van der Waals surface area contributed by atoms with Gasteiger partial charge in [0.25, 0.3) is 5.91 Å². The highest BCUT2D eigenvalue weighted by molar-refractivity contribution is 6.04. The van der Waals surface area contributed by atoms with E-state index in [-0.39, 0.29) is 25.1 Å². The van der Waals surface area contributed by atoms with Crippen LogP contribution < -0.4 is 5.32 Å². The number of carbonyl (C=O) groups is 2. The molecule has 3 N–H and O–H groups in total. The highest BCUT2D eigenvalue weighted by atomic mass is 16.3. The summed E-state index contributed by atoms with van der Waals surface area (Å²) in [7, 11) is 0. The first kappa shape index (κ1) is 12.8. The van der Waals surface area contributed by atoms with Crippen molar-refractivity contribution in [1.82, 2.24) is 15.2 Å². The minimum Gasteiger partial charge on any atom is -0.395 e. The Morgan fingerprint density at radius 3 is 3.06 bits per heavy atom. The fourth-order valence-electron chi connectivity index (χ4n) is 2.20. The van der Waals surface area contributed by atoms with Gasteiger partial charge < -0.3 is 10.1 Å². The Morgan fingerprint density at radius 1 is 1.56 bits per heavy atom. The number of nitrogens with one attached hydrogen (secondary N) is 2. The molecule has 1 fully saturated rings. The van der Waals surface area contributed by atoms with E-state index in [0.29, 0.717) is 5.69 Å². The quantitative estimate of drug-likeness (QED) is 0.687. The van der Waals surface area contributed by atoms with Gasteiger partial charge in [0.1, 0.15) is 5.69 Å². The van der Waals surface area contributed by atoms with Gasteiger partial charge in [0.2, 0.25) is 5.91 Å². The van der Waals surface area contributed by atoms with E-state index >= 15 is 0 Å². The van der Waals surface area contributed by atoms with E-state index in [1.54, 1.807) is 18.3 Å². The van der Waals surface area contributed by atoms with Crippen LogP contribution in [0.4, 0.5) is 0 Å². The fourth-order valence-corrected chi connectivity index (χ4v) is 2.20. The van der Waals surface area contributed by atoms with Crippen LogP contribution in [0, 0.1) is 0 Å². The SMILES string of the molecule is O=C(CN1CCCC1CO)NC(=O)c1ccc[nH]1. The number of hydrogen-bond donors (Lipinski definition) is 3. The number of imide groups is 1. The van der Waals surface area contributed by atoms with E-state index in [4.69, 9.17) is 5.11 Å². The van der Waals surface area contributed by atoms with E-state index in [2.05, 4.69) is 10.3 Å². The number of rotatable bonds is 4. The molecule has 6 nitrogen and oxygen atoms in total. The summed E-state index contributed by atoms with van der Waals surface area (Å²) in [5, 5.41) is 11.5. The monoisotopic (exact) mass is 251 g/mol. The largest absolute Gasteiger partial charge is 0.395 e. The highest BCUT2D eigenvalue weighted by Crippen LogP contribution is 2.15. The molecular weight excluding hydrogens is 234 g/mol. The van der Waals surface area contributed by atoms with E-state index in [9.17, 15) is 9.59 Å². The standard InChI is InChI=1S/C12H17N3O3/c16-8-9-3-2-6-15(9)7-11(17)14-12(18)10-4-1-5-13-10/h1,4-5,9,13,16H,2-3,6-8H2,(H,14,17,18). The van der Waals surface area contributed by atoms with Gasteiger partial charge in [-0.3, -0.25) is 19.8 Å². The van der Waals surface area contributed by atoms with Crippen LogP contribution in [0.2, 0.25) is 0 Å². The molecule has 2 rings (SSSR count). The molecule has 0 radical (unpaired) electrons. The van der Waals surface area contributed by atoms with Gasteiger partial charge in [-0.05, 0) is 31.5 Å². The van der Waals surface area contributed by atoms with Gasteiger partial charge in [-0.1, -0.05) is 0 Å². The summed E-state index contributed by atoms with van der Waals surface area (Å²) in [6.07, 6.45) is 3.50. The summed E-state index contributed by atoms with van der Waals surface area (Å²) < 4.78 is 0. The third kappa shape index (κ3) is 2.96. The Labute approximate surface area is 105 Å². The number of hydrogen-bond acceptors (Lipinski definition) is 4. The Bertz CT molecular complexity index is 416. The van der Waals surface area contributed by atoms with Gasteiger partial charge in [0.05, 0.1) is 13.2 Å². The molecule has 0 saturated carbocycles. The van der Waals surface area contributed by atoms with Crippen molar-refractivity contribution in [2.75, 3.05) is 19.7 Å². The van der Waals surface area contributed by atoms with Gasteiger partial charge in [-0.25, -0.2) is 0 Å². The summed E-state index contributed by atoms with van der Waals surface area (Å²) >= 11 is 0. The Balaban J connectivity index is 1.83. The van der Waals surface area contributed by atoms with Gasteiger partial charge in [0, 0.05) is 12.2 Å². The van der Waals surface area contributed by atoms with Crippen LogP contribution in [0.1, 0.15) is 23.3 Å². The maximum absolute atomic E-state index is 11.7. The molecule has 1 atom stereocenters. The lowest BCUT2D eigenvalue weighted by atomic mass is 10.2. The molecular formula is C12H17N3O3. The number of likely N-dealkylation sites (tertiary alicyclic amines) is 1. The molecule has 1 aliphatic heterocycles. The van der Waals surface area contributed by atoms with Crippen LogP contribution in [0.25, 0.3) is 0 Å². The number of carbonyl (C=O) groups excluding carboxylic acids is 2. The summed E-state index contributed by atoms with van der Waals surface area (Å²) in [6.45, 7) is 0.991. The highest BCUT2D eigenvalue weighted by Gasteiger charge is 2.26. The van der Waals surface area contributed by atoms with Crippen LogP contribution in [0.3, 0.4) is 0 Å². The van der Waals surface area contributed by atoms with Crippen molar-refractivity contribution >= 4 is 11.8 Å². The predicted molar refractivity (Wildman–Crippen MR) is 64.9 cm³/mol. The molecule has 0 aromatic carbocycles. The Morgan fingerprint density at radius 2 is 2.39 bits per heavy atom. The number of aromatic amines is 1. The first-order chi connectivity index (χ1) is 8.70. The zero-order valence-electron chi connectivity index (χ0n) is 10.1. The topological polar surface area (TPSA) is 85.4 Å². The van der Waals surface area contributed by atoms with E-state index in [0.717, 1.165) is 19.4 Å². The molecule has 1 aliphatic rings. The molecule has 18 heavy (non-hydrogen) atoms. The van der Waals surface area contributed by atoms with E-state index in [1.165, 1.54) is 0 Å². The van der Waals surface area contributed by atoms with Crippen molar-refractivity contribution in [1.29, 1.82) is 0 Å². The smallest absolute Gasteiger partial charge is 0.274 e. The van der Waals surface area contributed by atoms with Crippen molar-refractivity contribution in [2.45, 2.75) is 18.9 Å². The Hall–Kier alpha value is -1.66. The van der Waals surface area contributed by atoms with Crippen LogP contribution >= 0.6 is 0 Å². The first-order valence-electron chi connectivity index (χ1n) is 6.03. The van der Waals surface area contributed by atoms with Gasteiger partial charge >= 0.3 is 0 Å². The number of nitrogens with zero attached hydrogens (tertiary/aromatic N) is 1. The lowest BCUT2D eigenvalue weighted by Gasteiger charge is -2.21. The molecule has 6 heteroatoms. The van der Waals surface area contributed by atoms with Crippen molar-refractivity contribution < 1.29 is 14.7 Å². The predicted octanol–water partition coefficient (Wildman–Crippen LogP) is -0.272. The van der Waals surface area contributed by atoms with Crippen molar-refractivity contribution in [3.63, 3.8) is 0 Å². The molecule has 2 amide bonds. The van der Waals surface area contributed by atoms with Gasteiger partial charge in [-0.15, -0.1) is 0 Å². The second-order valence-corrected chi connectivity index (χ2v) is 4.41. The van der Waals surface area contributed by atoms with Crippen LogP contribution in [0.5, 0.6) is 0 Å². The minimum atomic E-state index is -0.426. The fraction of sp³-hybridized carbons (Fsp3) is 0.500. The lowest BCUT2D eigenvalue weighted by molar-refractivity contribution is -0.121. The number of aliphatic hydroxyl groups excluding tert-OH is 1. The van der Waals surface area contributed by atoms with Gasteiger partial charge in [-0.2, -0.15) is 0 Å². The zero-order valence-corrected chi connectivity index (χ0v) is 10.1. The molecule has 0 aliphatic carbocycles. The molecule has 0 bridgehead atoms. The second kappa shape index (κ2) is 5.79. The maximum Gasteiger partial charge on any atom is 0.274 e. The van der Waals surface area contributed by atoms with Gasteiger partial charge in [0.15, 0.2) is 0 Å². The molecule has 1 aromatic rings. The van der Waals surface area contributed by atoms with Crippen LogP contribution in [-0.4, -0.2) is 52.5 Å². The molecule has 2 heterocycles. The van der Waals surface area contributed by atoms with E-state index in [1.807, 2.05) is 4.90 Å².